The predicted molar refractivity (Wildman–Crippen MR) is 64.8 cm³/mol. The van der Waals surface area contributed by atoms with Gasteiger partial charge in [-0.3, -0.25) is 4.98 Å². The van der Waals surface area contributed by atoms with E-state index in [0.717, 1.165) is 0 Å². The molecule has 0 spiro atoms. The molecule has 0 aliphatic carbocycles. The third-order valence-electron chi connectivity index (χ3n) is 2.24. The van der Waals surface area contributed by atoms with Gasteiger partial charge < -0.3 is 14.7 Å². The van der Waals surface area contributed by atoms with Crippen LogP contribution >= 0.6 is 0 Å². The van der Waals surface area contributed by atoms with Crippen LogP contribution in [0.15, 0.2) is 30.5 Å². The molecule has 0 unspecified atom stereocenters. The molecule has 0 radical (unpaired) electrons. The molecule has 0 amide bonds. The molecular weight excluding hydrogens is 250 g/mol. The molecule has 100 valence electrons. The van der Waals surface area contributed by atoms with Crippen molar-refractivity contribution in [3.8, 4) is 17.3 Å². The van der Waals surface area contributed by atoms with E-state index in [1.165, 1.54) is 6.07 Å². The zero-order chi connectivity index (χ0) is 13.7. The molecule has 0 saturated heterocycles. The Morgan fingerprint density at radius 2 is 2.32 bits per heavy atom. The van der Waals surface area contributed by atoms with Gasteiger partial charge in [-0.05, 0) is 19.1 Å². The maximum absolute atomic E-state index is 11.1. The molecule has 0 aromatic carbocycles. The number of ether oxygens (including phenoxy) is 2. The van der Waals surface area contributed by atoms with Crippen LogP contribution in [0.5, 0.6) is 5.88 Å². The molecule has 7 nitrogen and oxygen atoms in total. The van der Waals surface area contributed by atoms with Crippen molar-refractivity contribution in [2.24, 2.45) is 0 Å². The summed E-state index contributed by atoms with van der Waals surface area (Å²) >= 11 is 0. The van der Waals surface area contributed by atoms with E-state index in [1.54, 1.807) is 31.3 Å². The van der Waals surface area contributed by atoms with Crippen LogP contribution in [0, 0.1) is 0 Å². The first-order valence-electron chi connectivity index (χ1n) is 5.70. The van der Waals surface area contributed by atoms with Crippen molar-refractivity contribution in [2.75, 3.05) is 13.2 Å². The van der Waals surface area contributed by atoms with Crippen molar-refractivity contribution < 1.29 is 19.5 Å². The number of pyridine rings is 1. The summed E-state index contributed by atoms with van der Waals surface area (Å²) in [5.74, 6) is -0.370. The maximum Gasteiger partial charge on any atom is 0.344 e. The number of aromatic nitrogens is 3. The highest BCUT2D eigenvalue weighted by Crippen LogP contribution is 2.20. The topological polar surface area (TPSA) is 86.5 Å². The minimum atomic E-state index is -0.491. The van der Waals surface area contributed by atoms with Gasteiger partial charge >= 0.3 is 5.97 Å². The average Bonchev–Trinajstić information content (AvgIpc) is 2.79. The van der Waals surface area contributed by atoms with Crippen LogP contribution in [-0.4, -0.2) is 39.3 Å². The molecule has 0 aliphatic rings. The van der Waals surface area contributed by atoms with Crippen LogP contribution in [-0.2, 0) is 9.53 Å². The second-order valence-electron chi connectivity index (χ2n) is 3.57. The average molecular weight is 263 g/mol. The van der Waals surface area contributed by atoms with Crippen molar-refractivity contribution in [1.82, 2.24) is 14.9 Å². The van der Waals surface area contributed by atoms with Crippen molar-refractivity contribution in [3.63, 3.8) is 0 Å². The number of rotatable bonds is 5. The number of hydrogen-bond acceptors (Lipinski definition) is 6. The van der Waals surface area contributed by atoms with Gasteiger partial charge in [0.15, 0.2) is 6.61 Å². The van der Waals surface area contributed by atoms with Gasteiger partial charge in [0.05, 0.1) is 12.3 Å². The van der Waals surface area contributed by atoms with Gasteiger partial charge in [0.1, 0.15) is 5.69 Å². The molecule has 2 aromatic heterocycles. The molecule has 0 atom stereocenters. The van der Waals surface area contributed by atoms with Crippen LogP contribution in [0.2, 0.25) is 0 Å². The third kappa shape index (κ3) is 3.21. The summed E-state index contributed by atoms with van der Waals surface area (Å²) in [5, 5.41) is 13.3. The smallest absolute Gasteiger partial charge is 0.344 e. The highest BCUT2D eigenvalue weighted by atomic mass is 16.6. The van der Waals surface area contributed by atoms with Gasteiger partial charge in [0.25, 0.3) is 0 Å². The van der Waals surface area contributed by atoms with Gasteiger partial charge in [-0.2, -0.15) is 0 Å². The van der Waals surface area contributed by atoms with Gasteiger partial charge in [-0.25, -0.2) is 4.79 Å². The minimum absolute atomic E-state index is 0.121. The van der Waals surface area contributed by atoms with E-state index < -0.39 is 5.97 Å². The second-order valence-corrected chi connectivity index (χ2v) is 3.57. The minimum Gasteiger partial charge on any atom is -0.464 e. The molecule has 1 N–H and O–H groups in total. The van der Waals surface area contributed by atoms with Gasteiger partial charge in [-0.1, -0.05) is 16.0 Å². The largest absolute Gasteiger partial charge is 0.464 e. The lowest BCUT2D eigenvalue weighted by Crippen LogP contribution is -2.14. The Morgan fingerprint density at radius 1 is 1.47 bits per heavy atom. The molecule has 2 heterocycles. The van der Waals surface area contributed by atoms with Crippen LogP contribution in [0.25, 0.3) is 11.4 Å². The number of carbonyl (C=O) groups excluding carboxylic acids is 1. The fourth-order valence-electron chi connectivity index (χ4n) is 1.45. The van der Waals surface area contributed by atoms with E-state index in [9.17, 15) is 10.0 Å². The third-order valence-corrected chi connectivity index (χ3v) is 2.24. The van der Waals surface area contributed by atoms with Crippen molar-refractivity contribution >= 4 is 5.97 Å². The van der Waals surface area contributed by atoms with E-state index in [4.69, 9.17) is 9.47 Å². The Labute approximate surface area is 109 Å². The summed E-state index contributed by atoms with van der Waals surface area (Å²) in [4.78, 5) is 15.9. The van der Waals surface area contributed by atoms with Gasteiger partial charge in [0, 0.05) is 12.3 Å². The summed E-state index contributed by atoms with van der Waals surface area (Å²) in [6, 6.07) is 6.76. The number of nitrogens with zero attached hydrogens (tertiary/aromatic N) is 3. The normalized spacial score (nSPS) is 10.2. The quantitative estimate of drug-likeness (QED) is 0.642. The van der Waals surface area contributed by atoms with Crippen molar-refractivity contribution in [3.05, 3.63) is 30.5 Å². The Kier molecular flexibility index (Phi) is 3.97. The fourth-order valence-corrected chi connectivity index (χ4v) is 1.45. The lowest BCUT2D eigenvalue weighted by Gasteiger charge is -2.01. The summed E-state index contributed by atoms with van der Waals surface area (Å²) in [5.41, 5.74) is 0.919. The SMILES string of the molecule is CCOC(=O)COc1cc(-c2ccccn2)n(O)n1. The van der Waals surface area contributed by atoms with E-state index in [1.807, 2.05) is 0 Å². The molecule has 0 aliphatic heterocycles. The fraction of sp³-hybridized carbons (Fsp3) is 0.250. The highest BCUT2D eigenvalue weighted by molar-refractivity contribution is 5.71. The summed E-state index contributed by atoms with van der Waals surface area (Å²) in [6.45, 7) is 1.74. The molecule has 7 heteroatoms. The summed E-state index contributed by atoms with van der Waals surface area (Å²) in [7, 11) is 0. The second kappa shape index (κ2) is 5.85. The molecule has 0 fully saturated rings. The first kappa shape index (κ1) is 12.9. The molecule has 0 saturated carbocycles. The summed E-state index contributed by atoms with van der Waals surface area (Å²) < 4.78 is 9.82. The highest BCUT2D eigenvalue weighted by Gasteiger charge is 2.12. The monoisotopic (exact) mass is 263 g/mol. The number of esters is 1. The summed E-state index contributed by atoms with van der Waals surface area (Å²) in [6.07, 6.45) is 1.60. The van der Waals surface area contributed by atoms with Crippen LogP contribution in [0.3, 0.4) is 0 Å². The van der Waals surface area contributed by atoms with E-state index in [0.29, 0.717) is 16.2 Å². The number of hydrogen-bond donors (Lipinski definition) is 1. The number of carbonyl (C=O) groups is 1. The zero-order valence-electron chi connectivity index (χ0n) is 10.3. The predicted octanol–water partition coefficient (Wildman–Crippen LogP) is 1.12. The lowest BCUT2D eigenvalue weighted by molar-refractivity contribution is -0.145. The van der Waals surface area contributed by atoms with E-state index in [-0.39, 0.29) is 19.1 Å². The van der Waals surface area contributed by atoms with Gasteiger partial charge in [0.2, 0.25) is 5.88 Å². The Balaban J connectivity index is 2.07. The van der Waals surface area contributed by atoms with Crippen LogP contribution in [0.1, 0.15) is 6.92 Å². The molecular formula is C12H13N3O4. The van der Waals surface area contributed by atoms with Crippen molar-refractivity contribution in [1.29, 1.82) is 0 Å². The van der Waals surface area contributed by atoms with Crippen molar-refractivity contribution in [2.45, 2.75) is 6.92 Å². The first-order chi connectivity index (χ1) is 9.20. The lowest BCUT2D eigenvalue weighted by atomic mass is 10.3. The van der Waals surface area contributed by atoms with E-state index >= 15 is 0 Å². The molecule has 2 rings (SSSR count). The van der Waals surface area contributed by atoms with E-state index in [2.05, 4.69) is 10.1 Å². The first-order valence-corrected chi connectivity index (χ1v) is 5.70. The van der Waals surface area contributed by atoms with Crippen LogP contribution < -0.4 is 4.74 Å². The molecule has 0 bridgehead atoms. The Morgan fingerprint density at radius 3 is 3.00 bits per heavy atom. The standard InChI is InChI=1S/C12H13N3O4/c1-2-18-12(16)8-19-11-7-10(15(17)14-11)9-5-3-4-6-13-9/h3-7,17H,2,8H2,1H3. The van der Waals surface area contributed by atoms with Gasteiger partial charge in [-0.15, -0.1) is 0 Å². The Bertz CT molecular complexity index is 553. The molecule has 19 heavy (non-hydrogen) atoms. The Hall–Kier alpha value is -2.57. The van der Waals surface area contributed by atoms with Crippen LogP contribution in [0.4, 0.5) is 0 Å². The zero-order valence-corrected chi connectivity index (χ0v) is 10.3. The molecule has 2 aromatic rings. The maximum atomic E-state index is 11.1.